The Hall–Kier alpha value is -2.30. The molecule has 1 aromatic heterocycles. The van der Waals surface area contributed by atoms with E-state index in [4.69, 9.17) is 9.47 Å². The number of alkyl halides is 3. The van der Waals surface area contributed by atoms with Gasteiger partial charge in [-0.05, 0) is 52.4 Å². The van der Waals surface area contributed by atoms with E-state index in [2.05, 4.69) is 44.7 Å². The Labute approximate surface area is 162 Å². The summed E-state index contributed by atoms with van der Waals surface area (Å²) in [6.07, 6.45) is -0.541. The van der Waals surface area contributed by atoms with Crippen LogP contribution in [0.25, 0.3) is 0 Å². The molecule has 9 heteroatoms. The van der Waals surface area contributed by atoms with Crippen LogP contribution in [0.1, 0.15) is 11.1 Å². The van der Waals surface area contributed by atoms with Crippen molar-refractivity contribution in [2.75, 3.05) is 19.1 Å². The number of aromatic nitrogens is 1. The maximum absolute atomic E-state index is 12.5. The predicted octanol–water partition coefficient (Wildman–Crippen LogP) is 4.72. The Morgan fingerprint density at radius 2 is 2.12 bits per heavy atom. The Morgan fingerprint density at radius 3 is 2.69 bits per heavy atom. The molecule has 0 aliphatic rings. The summed E-state index contributed by atoms with van der Waals surface area (Å²) in [7, 11) is 1.53. The summed E-state index contributed by atoms with van der Waals surface area (Å²) < 4.78 is 49.2. The first-order valence-corrected chi connectivity index (χ1v) is 8.36. The molecule has 0 bridgehead atoms. The standard InChI is InChI=1S/C17H15F3IN3O2/c1-3-6-26-16-13(21)7-11(8-14(16)25-2)9-23-24-15-5-4-12(10-22-15)17(18,19)20/h3-5,7-10H,1,6H2,2H3,(H,22,24)/b23-9+. The van der Waals surface area contributed by atoms with Crippen LogP contribution in [0.15, 0.2) is 48.2 Å². The van der Waals surface area contributed by atoms with Gasteiger partial charge in [0, 0.05) is 6.20 Å². The molecule has 0 atom stereocenters. The van der Waals surface area contributed by atoms with Gasteiger partial charge in [-0.3, -0.25) is 5.43 Å². The highest BCUT2D eigenvalue weighted by Crippen LogP contribution is 2.33. The van der Waals surface area contributed by atoms with Crippen LogP contribution in [0, 0.1) is 3.57 Å². The van der Waals surface area contributed by atoms with Crippen molar-refractivity contribution in [1.29, 1.82) is 0 Å². The minimum absolute atomic E-state index is 0.196. The second kappa shape index (κ2) is 8.88. The summed E-state index contributed by atoms with van der Waals surface area (Å²) in [6, 6.07) is 5.69. The van der Waals surface area contributed by atoms with E-state index in [1.54, 1.807) is 12.1 Å². The predicted molar refractivity (Wildman–Crippen MR) is 102 cm³/mol. The monoisotopic (exact) mass is 477 g/mol. The van der Waals surface area contributed by atoms with Crippen LogP contribution in [0.3, 0.4) is 0 Å². The number of methoxy groups -OCH3 is 1. The second-order valence-corrected chi connectivity index (χ2v) is 6.10. The van der Waals surface area contributed by atoms with E-state index in [1.807, 2.05) is 6.07 Å². The van der Waals surface area contributed by atoms with Gasteiger partial charge < -0.3 is 9.47 Å². The van der Waals surface area contributed by atoms with Crippen molar-refractivity contribution < 1.29 is 22.6 Å². The highest BCUT2D eigenvalue weighted by Gasteiger charge is 2.30. The molecule has 0 saturated carbocycles. The van der Waals surface area contributed by atoms with Crippen LogP contribution < -0.4 is 14.9 Å². The fraction of sp³-hybridized carbons (Fsp3) is 0.176. The highest BCUT2D eigenvalue weighted by molar-refractivity contribution is 14.1. The molecule has 2 rings (SSSR count). The molecule has 0 saturated heterocycles. The fourth-order valence-corrected chi connectivity index (χ4v) is 2.68. The number of ether oxygens (including phenoxy) is 2. The number of hydrazone groups is 1. The molecule has 1 N–H and O–H groups in total. The average Bonchev–Trinajstić information content (AvgIpc) is 2.60. The highest BCUT2D eigenvalue weighted by atomic mass is 127. The Bertz CT molecular complexity index is 793. The first-order chi connectivity index (χ1) is 12.3. The number of rotatable bonds is 7. The van der Waals surface area contributed by atoms with Gasteiger partial charge in [0.15, 0.2) is 11.5 Å². The number of anilines is 1. The lowest BCUT2D eigenvalue weighted by Crippen LogP contribution is -2.05. The number of benzene rings is 1. The Balaban J connectivity index is 2.10. The lowest BCUT2D eigenvalue weighted by Gasteiger charge is -2.12. The molecule has 1 heterocycles. The number of hydrogen-bond acceptors (Lipinski definition) is 5. The number of nitrogens with one attached hydrogen (secondary N) is 1. The molecule has 2 aromatic rings. The van der Waals surface area contributed by atoms with Crippen molar-refractivity contribution in [3.8, 4) is 11.5 Å². The van der Waals surface area contributed by atoms with Crippen molar-refractivity contribution in [1.82, 2.24) is 4.98 Å². The molecule has 138 valence electrons. The van der Waals surface area contributed by atoms with Crippen LogP contribution in [0.5, 0.6) is 11.5 Å². The summed E-state index contributed by atoms with van der Waals surface area (Å²) in [6.45, 7) is 3.95. The van der Waals surface area contributed by atoms with Crippen molar-refractivity contribution >= 4 is 34.6 Å². The SMILES string of the molecule is C=CCOc1c(I)cc(/C=N/Nc2ccc(C(F)(F)F)cn2)cc1OC. The van der Waals surface area contributed by atoms with Gasteiger partial charge in [-0.25, -0.2) is 4.98 Å². The van der Waals surface area contributed by atoms with Crippen LogP contribution in [-0.4, -0.2) is 24.9 Å². The van der Waals surface area contributed by atoms with Crippen molar-refractivity contribution in [3.63, 3.8) is 0 Å². The van der Waals surface area contributed by atoms with E-state index in [0.29, 0.717) is 18.1 Å². The zero-order valence-electron chi connectivity index (χ0n) is 13.7. The van der Waals surface area contributed by atoms with Gasteiger partial charge in [0.2, 0.25) is 0 Å². The quantitative estimate of drug-likeness (QED) is 0.272. The third-order valence-electron chi connectivity index (χ3n) is 3.08. The minimum atomic E-state index is -4.42. The molecule has 0 amide bonds. The van der Waals surface area contributed by atoms with Crippen molar-refractivity contribution in [3.05, 3.63) is 57.8 Å². The topological polar surface area (TPSA) is 55.7 Å². The number of halogens is 4. The summed E-state index contributed by atoms with van der Waals surface area (Å²) >= 11 is 2.11. The van der Waals surface area contributed by atoms with Crippen LogP contribution in [-0.2, 0) is 6.18 Å². The molecule has 0 fully saturated rings. The fourth-order valence-electron chi connectivity index (χ4n) is 1.90. The van der Waals surface area contributed by atoms with E-state index < -0.39 is 11.7 Å². The lowest BCUT2D eigenvalue weighted by molar-refractivity contribution is -0.137. The lowest BCUT2D eigenvalue weighted by atomic mass is 10.2. The molecule has 26 heavy (non-hydrogen) atoms. The average molecular weight is 477 g/mol. The van der Waals surface area contributed by atoms with E-state index in [9.17, 15) is 13.2 Å². The Kier molecular flexibility index (Phi) is 6.83. The third kappa shape index (κ3) is 5.35. The molecule has 0 radical (unpaired) electrons. The van der Waals surface area contributed by atoms with Crippen LogP contribution >= 0.6 is 22.6 Å². The number of pyridine rings is 1. The zero-order chi connectivity index (χ0) is 19.2. The molecule has 0 spiro atoms. The van der Waals surface area contributed by atoms with Crippen LogP contribution in [0.4, 0.5) is 19.0 Å². The maximum atomic E-state index is 12.5. The smallest absolute Gasteiger partial charge is 0.417 e. The molecule has 5 nitrogen and oxygen atoms in total. The normalized spacial score (nSPS) is 11.4. The van der Waals surface area contributed by atoms with E-state index >= 15 is 0 Å². The first-order valence-electron chi connectivity index (χ1n) is 7.28. The minimum Gasteiger partial charge on any atom is -0.493 e. The van der Waals surface area contributed by atoms with Gasteiger partial charge in [0.25, 0.3) is 0 Å². The Morgan fingerprint density at radius 1 is 1.35 bits per heavy atom. The van der Waals surface area contributed by atoms with Gasteiger partial charge in [0.1, 0.15) is 12.4 Å². The van der Waals surface area contributed by atoms with Gasteiger partial charge in [-0.2, -0.15) is 18.3 Å². The summed E-state index contributed by atoms with van der Waals surface area (Å²) in [5, 5.41) is 3.98. The van der Waals surface area contributed by atoms with Gasteiger partial charge in [-0.15, -0.1) is 0 Å². The van der Waals surface area contributed by atoms with E-state index in [0.717, 1.165) is 21.4 Å². The van der Waals surface area contributed by atoms with Gasteiger partial charge >= 0.3 is 6.18 Å². The molecule has 1 aromatic carbocycles. The summed E-state index contributed by atoms with van der Waals surface area (Å²) in [4.78, 5) is 3.68. The van der Waals surface area contributed by atoms with E-state index in [1.165, 1.54) is 19.4 Å². The largest absolute Gasteiger partial charge is 0.493 e. The van der Waals surface area contributed by atoms with E-state index in [-0.39, 0.29) is 5.82 Å². The maximum Gasteiger partial charge on any atom is 0.417 e. The molecule has 0 unspecified atom stereocenters. The summed E-state index contributed by atoms with van der Waals surface area (Å²) in [5.41, 5.74) is 2.48. The third-order valence-corrected chi connectivity index (χ3v) is 3.88. The second-order valence-electron chi connectivity index (χ2n) is 4.93. The number of nitrogens with zero attached hydrogens (tertiary/aromatic N) is 2. The number of hydrogen-bond donors (Lipinski definition) is 1. The van der Waals surface area contributed by atoms with Crippen molar-refractivity contribution in [2.45, 2.75) is 6.18 Å². The van der Waals surface area contributed by atoms with Gasteiger partial charge in [-0.1, -0.05) is 12.7 Å². The zero-order valence-corrected chi connectivity index (χ0v) is 15.8. The van der Waals surface area contributed by atoms with Gasteiger partial charge in [0.05, 0.1) is 22.5 Å². The first kappa shape index (κ1) is 20.0. The van der Waals surface area contributed by atoms with Crippen molar-refractivity contribution in [2.24, 2.45) is 5.10 Å². The molecule has 0 aliphatic carbocycles. The molecular formula is C17H15F3IN3O2. The molecule has 0 aliphatic heterocycles. The molecular weight excluding hydrogens is 462 g/mol. The van der Waals surface area contributed by atoms with Crippen LogP contribution in [0.2, 0.25) is 0 Å². The summed E-state index contributed by atoms with van der Waals surface area (Å²) in [5.74, 6) is 1.33.